The van der Waals surface area contributed by atoms with Gasteiger partial charge in [-0.2, -0.15) is 5.10 Å². The lowest BCUT2D eigenvalue weighted by atomic mass is 10.1. The molecule has 7 nitrogen and oxygen atoms in total. The molecular weight excluding hydrogens is 488 g/mol. The van der Waals surface area contributed by atoms with Crippen LogP contribution in [0.1, 0.15) is 27.0 Å². The smallest absolute Gasteiger partial charge is 0.343 e. The largest absolute Gasteiger partial charge is 0.497 e. The number of carbonyl (C=O) groups excluding carboxylic acids is 2. The summed E-state index contributed by atoms with van der Waals surface area (Å²) in [5, 5.41) is 3.97. The molecule has 0 aromatic heterocycles. The Morgan fingerprint density at radius 3 is 2.48 bits per heavy atom. The number of methoxy groups -OCH3 is 1. The lowest BCUT2D eigenvalue weighted by Gasteiger charge is -2.09. The summed E-state index contributed by atoms with van der Waals surface area (Å²) >= 11 is 3.38. The molecule has 0 spiro atoms. The van der Waals surface area contributed by atoms with Crippen LogP contribution in [0.3, 0.4) is 0 Å². The number of benzene rings is 3. The van der Waals surface area contributed by atoms with Gasteiger partial charge in [0.05, 0.1) is 18.9 Å². The Morgan fingerprint density at radius 2 is 1.76 bits per heavy atom. The first-order valence-corrected chi connectivity index (χ1v) is 10.8. The molecule has 0 radical (unpaired) electrons. The van der Waals surface area contributed by atoms with Crippen LogP contribution in [0.25, 0.3) is 0 Å². The van der Waals surface area contributed by atoms with Gasteiger partial charge in [0.15, 0.2) is 6.61 Å². The minimum Gasteiger partial charge on any atom is -0.497 e. The highest BCUT2D eigenvalue weighted by Crippen LogP contribution is 2.23. The summed E-state index contributed by atoms with van der Waals surface area (Å²) in [5.41, 5.74) is 5.27. The molecule has 1 amide bonds. The van der Waals surface area contributed by atoms with Gasteiger partial charge in [0.25, 0.3) is 5.91 Å². The van der Waals surface area contributed by atoms with Crippen LogP contribution in [0.5, 0.6) is 17.2 Å². The molecule has 0 aliphatic rings. The third-order valence-electron chi connectivity index (χ3n) is 4.60. The fourth-order valence-electron chi connectivity index (χ4n) is 2.81. The van der Waals surface area contributed by atoms with Crippen molar-refractivity contribution in [2.45, 2.75) is 13.8 Å². The second kappa shape index (κ2) is 11.3. The van der Waals surface area contributed by atoms with Crippen LogP contribution in [0.2, 0.25) is 0 Å². The number of carbonyl (C=O) groups is 2. The van der Waals surface area contributed by atoms with E-state index in [1.165, 1.54) is 6.21 Å². The fourth-order valence-corrected chi connectivity index (χ4v) is 3.19. The molecule has 3 rings (SSSR count). The average molecular weight is 511 g/mol. The Balaban J connectivity index is 1.62. The number of hydrogen-bond donors (Lipinski definition) is 1. The number of hydrazone groups is 1. The number of esters is 1. The minimum atomic E-state index is -0.527. The highest BCUT2D eigenvalue weighted by molar-refractivity contribution is 9.10. The number of halogens is 1. The van der Waals surface area contributed by atoms with Gasteiger partial charge in [0.1, 0.15) is 17.2 Å². The molecule has 170 valence electrons. The maximum absolute atomic E-state index is 12.5. The normalized spacial score (nSPS) is 10.7. The zero-order chi connectivity index (χ0) is 23.8. The molecule has 1 N–H and O–H groups in total. The predicted octanol–water partition coefficient (Wildman–Crippen LogP) is 4.82. The lowest BCUT2D eigenvalue weighted by Crippen LogP contribution is -2.24. The highest BCUT2D eigenvalue weighted by atomic mass is 79.9. The van der Waals surface area contributed by atoms with E-state index >= 15 is 0 Å². The van der Waals surface area contributed by atoms with Crippen molar-refractivity contribution in [3.63, 3.8) is 0 Å². The van der Waals surface area contributed by atoms with Gasteiger partial charge in [0, 0.05) is 10.0 Å². The second-order valence-electron chi connectivity index (χ2n) is 7.15. The highest BCUT2D eigenvalue weighted by Gasteiger charge is 2.12. The van der Waals surface area contributed by atoms with Crippen molar-refractivity contribution in [1.29, 1.82) is 0 Å². The molecule has 3 aromatic rings. The zero-order valence-electron chi connectivity index (χ0n) is 18.4. The fraction of sp³-hybridized carbons (Fsp3) is 0.160. The molecule has 8 heteroatoms. The first-order chi connectivity index (χ1) is 15.9. The molecule has 0 heterocycles. The molecule has 3 aromatic carbocycles. The zero-order valence-corrected chi connectivity index (χ0v) is 20.0. The third-order valence-corrected chi connectivity index (χ3v) is 5.09. The van der Waals surface area contributed by atoms with Gasteiger partial charge >= 0.3 is 5.97 Å². The van der Waals surface area contributed by atoms with E-state index in [9.17, 15) is 9.59 Å². The van der Waals surface area contributed by atoms with Gasteiger partial charge in [-0.3, -0.25) is 4.79 Å². The Bertz CT molecular complexity index is 1180. The Kier molecular flexibility index (Phi) is 8.21. The SMILES string of the molecule is COc1ccc(C(=O)Oc2ccc(Br)cc2C=NNC(=O)COc2cc(C)ccc2C)cc1. The van der Waals surface area contributed by atoms with Crippen molar-refractivity contribution in [3.05, 3.63) is 87.4 Å². The van der Waals surface area contributed by atoms with Gasteiger partial charge in [0.2, 0.25) is 0 Å². The Labute approximate surface area is 200 Å². The number of nitrogens with one attached hydrogen (secondary N) is 1. The van der Waals surface area contributed by atoms with E-state index in [2.05, 4.69) is 26.5 Å². The Hall–Kier alpha value is -3.65. The van der Waals surface area contributed by atoms with Crippen molar-refractivity contribution in [2.75, 3.05) is 13.7 Å². The van der Waals surface area contributed by atoms with Gasteiger partial charge in [-0.15, -0.1) is 0 Å². The molecule has 0 saturated heterocycles. The predicted molar refractivity (Wildman–Crippen MR) is 129 cm³/mol. The van der Waals surface area contributed by atoms with Gasteiger partial charge < -0.3 is 14.2 Å². The number of aryl methyl sites for hydroxylation is 2. The maximum Gasteiger partial charge on any atom is 0.343 e. The van der Waals surface area contributed by atoms with Crippen molar-refractivity contribution in [2.24, 2.45) is 5.10 Å². The van der Waals surface area contributed by atoms with Crippen LogP contribution in [0.15, 0.2) is 70.2 Å². The van der Waals surface area contributed by atoms with E-state index in [1.54, 1.807) is 49.6 Å². The third kappa shape index (κ3) is 6.92. The summed E-state index contributed by atoms with van der Waals surface area (Å²) in [6.45, 7) is 3.68. The van der Waals surface area contributed by atoms with Crippen LogP contribution < -0.4 is 19.6 Å². The van der Waals surface area contributed by atoms with Crippen LogP contribution in [-0.2, 0) is 4.79 Å². The molecule has 0 bridgehead atoms. The lowest BCUT2D eigenvalue weighted by molar-refractivity contribution is -0.123. The standard InChI is InChI=1S/C25H23BrN2O5/c1-16-4-5-17(2)23(12-16)32-15-24(29)28-27-14-19-13-20(26)8-11-22(19)33-25(30)18-6-9-21(31-3)10-7-18/h4-14H,15H2,1-3H3,(H,28,29). The first kappa shape index (κ1) is 24.0. The van der Waals surface area contributed by atoms with E-state index in [1.807, 2.05) is 32.0 Å². The number of ether oxygens (including phenoxy) is 3. The average Bonchev–Trinajstić information content (AvgIpc) is 2.81. The van der Waals surface area contributed by atoms with Crippen LogP contribution in [0.4, 0.5) is 0 Å². The van der Waals surface area contributed by atoms with E-state index in [-0.39, 0.29) is 6.61 Å². The summed E-state index contributed by atoms with van der Waals surface area (Å²) in [6, 6.07) is 17.5. The number of hydrogen-bond acceptors (Lipinski definition) is 6. The summed E-state index contributed by atoms with van der Waals surface area (Å²) in [4.78, 5) is 24.6. The van der Waals surface area contributed by atoms with Gasteiger partial charge in [-0.1, -0.05) is 28.1 Å². The maximum atomic E-state index is 12.5. The molecule has 0 aliphatic carbocycles. The molecule has 33 heavy (non-hydrogen) atoms. The molecule has 0 atom stereocenters. The molecule has 0 fully saturated rings. The van der Waals surface area contributed by atoms with Crippen molar-refractivity contribution < 1.29 is 23.8 Å². The van der Waals surface area contributed by atoms with E-state index < -0.39 is 11.9 Å². The van der Waals surface area contributed by atoms with E-state index in [0.717, 1.165) is 15.6 Å². The monoisotopic (exact) mass is 510 g/mol. The van der Waals surface area contributed by atoms with Crippen LogP contribution >= 0.6 is 15.9 Å². The van der Waals surface area contributed by atoms with Gasteiger partial charge in [-0.05, 0) is 73.5 Å². The first-order valence-electron chi connectivity index (χ1n) is 10.0. The van der Waals surface area contributed by atoms with Crippen LogP contribution in [-0.4, -0.2) is 31.8 Å². The van der Waals surface area contributed by atoms with Gasteiger partial charge in [-0.25, -0.2) is 10.2 Å². The van der Waals surface area contributed by atoms with Crippen molar-refractivity contribution >= 4 is 34.0 Å². The quantitative estimate of drug-likeness (QED) is 0.203. The summed E-state index contributed by atoms with van der Waals surface area (Å²) in [7, 11) is 1.55. The minimum absolute atomic E-state index is 0.181. The van der Waals surface area contributed by atoms with E-state index in [0.29, 0.717) is 28.4 Å². The summed E-state index contributed by atoms with van der Waals surface area (Å²) in [6.07, 6.45) is 1.40. The Morgan fingerprint density at radius 1 is 1.00 bits per heavy atom. The molecule has 0 aliphatic heterocycles. The second-order valence-corrected chi connectivity index (χ2v) is 8.07. The number of nitrogens with zero attached hydrogens (tertiary/aromatic N) is 1. The summed E-state index contributed by atoms with van der Waals surface area (Å²) in [5.74, 6) is 0.636. The number of amides is 1. The number of rotatable bonds is 8. The van der Waals surface area contributed by atoms with E-state index in [4.69, 9.17) is 14.2 Å². The van der Waals surface area contributed by atoms with Crippen molar-refractivity contribution in [3.8, 4) is 17.2 Å². The molecule has 0 saturated carbocycles. The molecule has 0 unspecified atom stereocenters. The summed E-state index contributed by atoms with van der Waals surface area (Å²) < 4.78 is 16.9. The van der Waals surface area contributed by atoms with Crippen molar-refractivity contribution in [1.82, 2.24) is 5.43 Å². The van der Waals surface area contributed by atoms with Crippen LogP contribution in [0, 0.1) is 13.8 Å². The topological polar surface area (TPSA) is 86.2 Å². The molecular formula is C25H23BrN2O5.